The van der Waals surface area contributed by atoms with E-state index in [4.69, 9.17) is 4.74 Å². The van der Waals surface area contributed by atoms with Gasteiger partial charge in [-0.15, -0.1) is 0 Å². The van der Waals surface area contributed by atoms with E-state index in [-0.39, 0.29) is 17.2 Å². The number of hydrogen-bond acceptors (Lipinski definition) is 1. The molecule has 0 aromatic heterocycles. The fraction of sp³-hybridized carbons (Fsp3) is 0.455. The Bertz CT molecular complexity index is 308. The van der Waals surface area contributed by atoms with Crippen molar-refractivity contribution < 1.29 is 13.5 Å². The molecule has 0 saturated carbocycles. The molecular formula is C11H14F2O. The predicted molar refractivity (Wildman–Crippen MR) is 52.0 cm³/mol. The van der Waals surface area contributed by atoms with Gasteiger partial charge in [-0.1, -0.05) is 19.9 Å². The highest BCUT2D eigenvalue weighted by Gasteiger charge is 2.14. The van der Waals surface area contributed by atoms with Crippen molar-refractivity contribution in [2.45, 2.75) is 26.2 Å². The first-order valence-corrected chi connectivity index (χ1v) is 4.52. The summed E-state index contributed by atoms with van der Waals surface area (Å²) in [7, 11) is 1.40. The van der Waals surface area contributed by atoms with Crippen molar-refractivity contribution in [2.24, 2.45) is 0 Å². The minimum Gasteiger partial charge on any atom is -0.496 e. The first-order valence-electron chi connectivity index (χ1n) is 4.52. The van der Waals surface area contributed by atoms with Crippen molar-refractivity contribution in [1.82, 2.24) is 0 Å². The fourth-order valence-electron chi connectivity index (χ4n) is 1.28. The zero-order valence-corrected chi connectivity index (χ0v) is 8.55. The molecule has 1 nitrogen and oxygen atoms in total. The van der Waals surface area contributed by atoms with Gasteiger partial charge < -0.3 is 4.74 Å². The molecule has 0 fully saturated rings. The summed E-state index contributed by atoms with van der Waals surface area (Å²) in [4.78, 5) is 0. The fourth-order valence-corrected chi connectivity index (χ4v) is 1.28. The molecule has 0 heterocycles. The number of hydrogen-bond donors (Lipinski definition) is 0. The molecule has 3 heteroatoms. The van der Waals surface area contributed by atoms with Crippen LogP contribution in [0.15, 0.2) is 18.2 Å². The zero-order valence-electron chi connectivity index (χ0n) is 8.55. The Labute approximate surface area is 82.7 Å². The molecule has 1 aromatic carbocycles. The van der Waals surface area contributed by atoms with Gasteiger partial charge in [-0.3, -0.25) is 0 Å². The normalized spacial score (nSPS) is 11.1. The lowest BCUT2D eigenvalue weighted by molar-refractivity contribution is 0.147. The molecule has 0 spiro atoms. The van der Waals surface area contributed by atoms with Crippen LogP contribution in [0.3, 0.4) is 0 Å². The van der Waals surface area contributed by atoms with Crippen LogP contribution in [0.4, 0.5) is 8.78 Å². The molecule has 1 rings (SSSR count). The highest BCUT2D eigenvalue weighted by molar-refractivity contribution is 5.39. The molecular weight excluding hydrogens is 186 g/mol. The summed E-state index contributed by atoms with van der Waals surface area (Å²) >= 11 is 0. The summed E-state index contributed by atoms with van der Waals surface area (Å²) in [6.45, 7) is 3.94. The highest BCUT2D eigenvalue weighted by atomic mass is 19.3. The number of methoxy groups -OCH3 is 1. The molecule has 0 aliphatic rings. The first kappa shape index (κ1) is 11.0. The van der Waals surface area contributed by atoms with Gasteiger partial charge in [0.2, 0.25) is 0 Å². The van der Waals surface area contributed by atoms with E-state index >= 15 is 0 Å². The molecule has 78 valence electrons. The van der Waals surface area contributed by atoms with Crippen molar-refractivity contribution in [3.8, 4) is 5.75 Å². The van der Waals surface area contributed by atoms with Gasteiger partial charge in [-0.05, 0) is 23.6 Å². The Morgan fingerprint density at radius 3 is 2.29 bits per heavy atom. The second-order valence-electron chi connectivity index (χ2n) is 3.46. The number of benzene rings is 1. The number of alkyl halides is 2. The van der Waals surface area contributed by atoms with E-state index in [0.717, 1.165) is 5.56 Å². The average molecular weight is 200 g/mol. The number of rotatable bonds is 3. The van der Waals surface area contributed by atoms with Gasteiger partial charge in [0.05, 0.1) is 12.7 Å². The number of ether oxygens (including phenoxy) is 1. The molecule has 0 aliphatic carbocycles. The molecule has 0 atom stereocenters. The molecule has 14 heavy (non-hydrogen) atoms. The first-order chi connectivity index (χ1) is 6.56. The lowest BCUT2D eigenvalue weighted by Gasteiger charge is -2.11. The smallest absolute Gasteiger partial charge is 0.267 e. The Balaban J connectivity index is 3.14. The van der Waals surface area contributed by atoms with Crippen molar-refractivity contribution in [3.05, 3.63) is 29.3 Å². The van der Waals surface area contributed by atoms with Crippen molar-refractivity contribution >= 4 is 0 Å². The maximum absolute atomic E-state index is 12.6. The monoisotopic (exact) mass is 200 g/mol. The Morgan fingerprint density at radius 2 is 1.86 bits per heavy atom. The summed E-state index contributed by atoms with van der Waals surface area (Å²) in [5.41, 5.74) is 0.875. The summed E-state index contributed by atoms with van der Waals surface area (Å²) in [5, 5.41) is 0. The minimum atomic E-state index is -2.48. The Morgan fingerprint density at radius 1 is 1.21 bits per heavy atom. The van der Waals surface area contributed by atoms with Gasteiger partial charge in [0.15, 0.2) is 0 Å². The Hall–Kier alpha value is -1.12. The second-order valence-corrected chi connectivity index (χ2v) is 3.46. The van der Waals surface area contributed by atoms with E-state index < -0.39 is 6.43 Å². The quantitative estimate of drug-likeness (QED) is 0.721. The second kappa shape index (κ2) is 4.40. The summed E-state index contributed by atoms with van der Waals surface area (Å²) in [5.74, 6) is 0.503. The minimum absolute atomic E-state index is 0.0290. The average Bonchev–Trinajstić information content (AvgIpc) is 2.16. The van der Waals surface area contributed by atoms with Crippen LogP contribution in [0.5, 0.6) is 5.75 Å². The standard InChI is InChI=1S/C11H14F2O/c1-7(2)8-4-5-10(14-3)9(6-8)11(12)13/h4-7,11H,1-3H3. The maximum atomic E-state index is 12.6. The van der Waals surface area contributed by atoms with E-state index in [1.165, 1.54) is 13.2 Å². The summed E-state index contributed by atoms with van der Waals surface area (Å²) in [6.07, 6.45) is -2.48. The third kappa shape index (κ3) is 2.22. The van der Waals surface area contributed by atoms with Crippen LogP contribution in [0.2, 0.25) is 0 Å². The SMILES string of the molecule is COc1ccc(C(C)C)cc1C(F)F. The van der Waals surface area contributed by atoms with Crippen LogP contribution in [0.1, 0.15) is 37.3 Å². The third-order valence-electron chi connectivity index (χ3n) is 2.16. The van der Waals surface area contributed by atoms with Crippen LogP contribution in [0.25, 0.3) is 0 Å². The molecule has 0 bridgehead atoms. The summed E-state index contributed by atoms with van der Waals surface area (Å²) in [6, 6.07) is 4.92. The maximum Gasteiger partial charge on any atom is 0.267 e. The molecule has 0 aliphatic heterocycles. The van der Waals surface area contributed by atoms with Crippen LogP contribution in [-0.4, -0.2) is 7.11 Å². The van der Waals surface area contributed by atoms with Gasteiger partial charge in [-0.2, -0.15) is 0 Å². The van der Waals surface area contributed by atoms with Crippen LogP contribution < -0.4 is 4.74 Å². The van der Waals surface area contributed by atoms with Crippen molar-refractivity contribution in [3.63, 3.8) is 0 Å². The lowest BCUT2D eigenvalue weighted by Crippen LogP contribution is -1.96. The predicted octanol–water partition coefficient (Wildman–Crippen LogP) is 3.76. The van der Waals surface area contributed by atoms with Gasteiger partial charge in [-0.25, -0.2) is 8.78 Å². The molecule has 0 saturated heterocycles. The van der Waals surface area contributed by atoms with E-state index in [1.54, 1.807) is 6.07 Å². The van der Waals surface area contributed by atoms with Gasteiger partial charge in [0, 0.05) is 0 Å². The van der Waals surface area contributed by atoms with Gasteiger partial charge in [0.1, 0.15) is 5.75 Å². The lowest BCUT2D eigenvalue weighted by atomic mass is 10.0. The van der Waals surface area contributed by atoms with Crippen LogP contribution >= 0.6 is 0 Å². The molecule has 0 radical (unpaired) electrons. The third-order valence-corrected chi connectivity index (χ3v) is 2.16. The molecule has 0 amide bonds. The highest BCUT2D eigenvalue weighted by Crippen LogP contribution is 2.31. The molecule has 1 aromatic rings. The topological polar surface area (TPSA) is 9.23 Å². The Kier molecular flexibility index (Phi) is 3.44. The zero-order chi connectivity index (χ0) is 10.7. The van der Waals surface area contributed by atoms with Crippen molar-refractivity contribution in [1.29, 1.82) is 0 Å². The van der Waals surface area contributed by atoms with E-state index in [9.17, 15) is 8.78 Å². The van der Waals surface area contributed by atoms with E-state index in [2.05, 4.69) is 0 Å². The van der Waals surface area contributed by atoms with Gasteiger partial charge >= 0.3 is 0 Å². The summed E-state index contributed by atoms with van der Waals surface area (Å²) < 4.78 is 30.0. The van der Waals surface area contributed by atoms with E-state index in [0.29, 0.717) is 0 Å². The van der Waals surface area contributed by atoms with Crippen molar-refractivity contribution in [2.75, 3.05) is 7.11 Å². The number of halogens is 2. The van der Waals surface area contributed by atoms with Gasteiger partial charge in [0.25, 0.3) is 6.43 Å². The van der Waals surface area contributed by atoms with E-state index in [1.807, 2.05) is 19.9 Å². The van der Waals surface area contributed by atoms with Crippen LogP contribution in [-0.2, 0) is 0 Å². The molecule has 0 N–H and O–H groups in total. The molecule has 0 unspecified atom stereocenters. The largest absolute Gasteiger partial charge is 0.496 e. The van der Waals surface area contributed by atoms with Crippen LogP contribution in [0, 0.1) is 0 Å².